The van der Waals surface area contributed by atoms with E-state index in [1.54, 1.807) is 42.5 Å². The topological polar surface area (TPSA) is 202 Å². The Labute approximate surface area is 447 Å². The Kier molecular flexibility index (Phi) is 20.5. The van der Waals surface area contributed by atoms with Crippen LogP contribution in [0.25, 0.3) is 0 Å². The Morgan fingerprint density at radius 2 is 1.53 bits per heavy atom. The van der Waals surface area contributed by atoms with E-state index < -0.39 is 33.3 Å². The predicted molar refractivity (Wildman–Crippen MR) is 285 cm³/mol. The number of aromatic nitrogens is 3. The number of sulfone groups is 1. The summed E-state index contributed by atoms with van der Waals surface area (Å²) in [6.45, 7) is 12.3. The van der Waals surface area contributed by atoms with Gasteiger partial charge in [0.1, 0.15) is 23.8 Å². The lowest BCUT2D eigenvalue weighted by atomic mass is 9.91. The van der Waals surface area contributed by atoms with Gasteiger partial charge in [0.15, 0.2) is 9.84 Å². The number of amides is 2. The van der Waals surface area contributed by atoms with Gasteiger partial charge in [0, 0.05) is 86.8 Å². The number of ether oxygens (including phenoxy) is 4. The molecule has 2 aliphatic heterocycles. The van der Waals surface area contributed by atoms with Crippen LogP contribution >= 0.6 is 0 Å². The van der Waals surface area contributed by atoms with Gasteiger partial charge in [-0.05, 0) is 91.7 Å². The third kappa shape index (κ3) is 17.7. The number of benzene rings is 3. The maximum absolute atomic E-state index is 14.1. The van der Waals surface area contributed by atoms with E-state index >= 15 is 0 Å². The minimum absolute atomic E-state index is 0.0375. The number of rotatable bonds is 27. The van der Waals surface area contributed by atoms with Gasteiger partial charge in [-0.15, -0.1) is 0 Å². The number of hydrogen-bond acceptors (Lipinski definition) is 16. The zero-order chi connectivity index (χ0) is 55.2. The summed E-state index contributed by atoms with van der Waals surface area (Å²) in [5.41, 5.74) is 3.64. The number of nitrogens with one attached hydrogen (secondary N) is 4. The second-order valence-corrected chi connectivity index (χ2v) is 21.9. The van der Waals surface area contributed by atoms with E-state index in [0.717, 1.165) is 48.4 Å². The van der Waals surface area contributed by atoms with Crippen molar-refractivity contribution >= 4 is 50.5 Å². The molecule has 0 radical (unpaired) electrons. The van der Waals surface area contributed by atoms with Gasteiger partial charge in [0.05, 0.1) is 69.1 Å². The first-order valence-corrected chi connectivity index (χ1v) is 27.2. The van der Waals surface area contributed by atoms with Crippen LogP contribution in [0.2, 0.25) is 0 Å². The quantitative estimate of drug-likeness (QED) is 0.0337. The fourth-order valence-corrected chi connectivity index (χ4v) is 9.61. The predicted octanol–water partition coefficient (Wildman–Crippen LogP) is 6.30. The molecule has 0 aliphatic carbocycles. The molecule has 77 heavy (non-hydrogen) atoms. The van der Waals surface area contributed by atoms with Gasteiger partial charge >= 0.3 is 6.18 Å². The summed E-state index contributed by atoms with van der Waals surface area (Å²) in [6, 6.07) is 21.1. The second kappa shape index (κ2) is 26.9. The highest BCUT2D eigenvalue weighted by molar-refractivity contribution is 7.90. The Hall–Kier alpha value is -6.18. The molecule has 0 unspecified atom stereocenters. The van der Waals surface area contributed by atoms with E-state index in [1.807, 2.05) is 11.1 Å². The fraction of sp³-hybridized carbons (Fsp3) is 0.463. The van der Waals surface area contributed by atoms with Crippen molar-refractivity contribution in [2.45, 2.75) is 62.3 Å². The molecule has 18 nitrogen and oxygen atoms in total. The highest BCUT2D eigenvalue weighted by Crippen LogP contribution is 2.40. The summed E-state index contributed by atoms with van der Waals surface area (Å²) in [5, 5.41) is 11.8. The molecule has 4 N–H and O–H groups in total. The van der Waals surface area contributed by atoms with E-state index in [9.17, 15) is 35.6 Å². The first kappa shape index (κ1) is 58.5. The summed E-state index contributed by atoms with van der Waals surface area (Å²) < 4.78 is 101. The maximum atomic E-state index is 14.1. The molecule has 416 valence electrons. The molecule has 0 spiro atoms. The van der Waals surface area contributed by atoms with Gasteiger partial charge in [0.25, 0.3) is 0 Å². The van der Waals surface area contributed by atoms with Crippen molar-refractivity contribution < 1.29 is 54.5 Å². The van der Waals surface area contributed by atoms with E-state index in [2.05, 4.69) is 74.9 Å². The molecule has 7 rings (SSSR count). The van der Waals surface area contributed by atoms with Crippen molar-refractivity contribution in [1.29, 1.82) is 0 Å². The molecule has 2 amide bonds. The molecule has 2 aromatic heterocycles. The molecule has 2 atom stereocenters. The van der Waals surface area contributed by atoms with Crippen LogP contribution in [-0.4, -0.2) is 162 Å². The molecular weight excluding hydrogens is 1020 g/mol. The van der Waals surface area contributed by atoms with Crippen LogP contribution in [0.3, 0.4) is 0 Å². The van der Waals surface area contributed by atoms with Gasteiger partial charge in [-0.2, -0.15) is 18.2 Å². The number of piperazine rings is 1. The molecule has 1 fully saturated rings. The van der Waals surface area contributed by atoms with Crippen LogP contribution in [0.4, 0.5) is 46.4 Å². The van der Waals surface area contributed by atoms with Crippen molar-refractivity contribution in [3.8, 4) is 0 Å². The molecule has 2 aliphatic rings. The van der Waals surface area contributed by atoms with Gasteiger partial charge in [-0.1, -0.05) is 38.1 Å². The zero-order valence-corrected chi connectivity index (χ0v) is 44.8. The molecule has 0 saturated carbocycles. The third-order valence-corrected chi connectivity index (χ3v) is 14.0. The van der Waals surface area contributed by atoms with Gasteiger partial charge in [-0.3, -0.25) is 19.5 Å². The van der Waals surface area contributed by atoms with E-state index in [-0.39, 0.29) is 66.4 Å². The standard InChI is InChI=1S/C54H68F4N10O8S/c1-37-32-67(34-49(70)68-36-53(2,3)50-47(68)27-40(29-60-50)25-38-9-11-41(55)12-10-38)44(30-59-37)33-66(4)17-18-73-19-20-74-21-22-75-23-24-76-35-48(69)63-42-13-15-43(16-14-42)64-52-62-31-46(54(56,57)58)51(65-52)61-28-39-7-6-8-45(26-39)77(5,71)72/h6-16,26-27,29,31,37,44,59H,17-25,28,30,32-36H2,1-5H3,(H,63,69)(H2,61,62,64,65)/t37-,44-/m1/s1. The zero-order valence-electron chi connectivity index (χ0n) is 44.0. The number of nitrogens with zero attached hydrogens (tertiary/aromatic N) is 6. The Balaban J connectivity index is 0.728. The minimum Gasteiger partial charge on any atom is -0.378 e. The third-order valence-electron chi connectivity index (χ3n) is 12.9. The lowest BCUT2D eigenvalue weighted by Crippen LogP contribution is -2.60. The molecule has 23 heteroatoms. The summed E-state index contributed by atoms with van der Waals surface area (Å²) >= 11 is 0. The monoisotopic (exact) mass is 1090 g/mol. The van der Waals surface area contributed by atoms with E-state index in [0.29, 0.717) is 82.2 Å². The van der Waals surface area contributed by atoms with Gasteiger partial charge in [0.2, 0.25) is 17.8 Å². The molecule has 5 aromatic rings. The largest absolute Gasteiger partial charge is 0.421 e. The van der Waals surface area contributed by atoms with Gasteiger partial charge in [-0.25, -0.2) is 17.8 Å². The van der Waals surface area contributed by atoms with Crippen LogP contribution in [0.15, 0.2) is 96.2 Å². The summed E-state index contributed by atoms with van der Waals surface area (Å²) in [6.07, 6.45) is -0.604. The fourth-order valence-electron chi connectivity index (χ4n) is 8.91. The Morgan fingerprint density at radius 1 is 0.857 bits per heavy atom. The summed E-state index contributed by atoms with van der Waals surface area (Å²) in [5.74, 6) is -1.25. The smallest absolute Gasteiger partial charge is 0.378 e. The normalized spacial score (nSPS) is 16.6. The van der Waals surface area contributed by atoms with Crippen LogP contribution < -0.4 is 26.2 Å². The number of likely N-dealkylation sites (N-methyl/N-ethyl adjacent to an activating group) is 1. The average molecular weight is 1090 g/mol. The molecule has 3 aromatic carbocycles. The number of alkyl halides is 3. The number of carbonyl (C=O) groups excluding carboxylic acids is 2. The highest BCUT2D eigenvalue weighted by atomic mass is 32.2. The number of pyridine rings is 1. The van der Waals surface area contributed by atoms with Crippen molar-refractivity contribution in [3.05, 3.63) is 125 Å². The molecule has 0 bridgehead atoms. The van der Waals surface area contributed by atoms with Crippen LogP contribution in [0.1, 0.15) is 48.7 Å². The molecule has 4 heterocycles. The number of hydrogen-bond donors (Lipinski definition) is 4. The van der Waals surface area contributed by atoms with Crippen LogP contribution in [-0.2, 0) is 62.9 Å². The van der Waals surface area contributed by atoms with Crippen molar-refractivity contribution in [2.75, 3.05) is 126 Å². The number of anilines is 5. The Bertz CT molecular complexity index is 2870. The number of fused-ring (bicyclic) bond motifs is 1. The first-order chi connectivity index (χ1) is 36.7. The SMILES string of the molecule is C[C@@H]1CN(CC(=O)N2CC(C)(C)c3ncc(Cc4ccc(F)cc4)cc32)[C@@H](CN(C)CCOCCOCCOCCOCC(=O)Nc2ccc(Nc3ncc(C(F)(F)F)c(NCc4cccc(S(C)(=O)=O)c4)n3)cc2)CN1. The highest BCUT2D eigenvalue weighted by Gasteiger charge is 2.41. The molecule has 1 saturated heterocycles. The van der Waals surface area contributed by atoms with E-state index in [4.69, 9.17) is 23.9 Å². The van der Waals surface area contributed by atoms with Crippen LogP contribution in [0, 0.1) is 5.82 Å². The van der Waals surface area contributed by atoms with Crippen molar-refractivity contribution in [2.24, 2.45) is 0 Å². The number of carbonyl (C=O) groups is 2. The first-order valence-electron chi connectivity index (χ1n) is 25.4. The summed E-state index contributed by atoms with van der Waals surface area (Å²) in [4.78, 5) is 45.7. The van der Waals surface area contributed by atoms with Crippen molar-refractivity contribution in [3.63, 3.8) is 0 Å². The Morgan fingerprint density at radius 3 is 2.22 bits per heavy atom. The minimum atomic E-state index is -4.76. The van der Waals surface area contributed by atoms with Gasteiger partial charge < -0.3 is 50.0 Å². The van der Waals surface area contributed by atoms with Crippen LogP contribution in [0.5, 0.6) is 0 Å². The second-order valence-electron chi connectivity index (χ2n) is 19.9. The average Bonchev–Trinajstić information content (AvgIpc) is 3.74. The maximum Gasteiger partial charge on any atom is 0.421 e. The van der Waals surface area contributed by atoms with E-state index in [1.165, 1.54) is 30.3 Å². The number of halogens is 4. The summed E-state index contributed by atoms with van der Waals surface area (Å²) in [7, 11) is -1.46. The molecular formula is C54H68F4N10O8S. The lowest BCUT2D eigenvalue weighted by Gasteiger charge is -2.41. The lowest BCUT2D eigenvalue weighted by molar-refractivity contribution is -0.137. The van der Waals surface area contributed by atoms with Crippen molar-refractivity contribution in [1.82, 2.24) is 30.1 Å².